The molecular weight excluding hydrogens is 299 g/mol. The Hall–Kier alpha value is -0.870. The molecule has 1 atom stereocenters. The average molecular weight is 327 g/mol. The van der Waals surface area contributed by atoms with Gasteiger partial charge in [0.05, 0.1) is 45.3 Å². The third-order valence-corrected chi connectivity index (χ3v) is 8.20. The Morgan fingerprint density at radius 2 is 2.09 bits per heavy atom. The second-order valence-corrected chi connectivity index (χ2v) is 9.19. The fourth-order valence-electron chi connectivity index (χ4n) is 2.78. The fourth-order valence-corrected chi connectivity index (χ4v) is 6.00. The van der Waals surface area contributed by atoms with Gasteiger partial charge in [-0.15, -0.1) is 0 Å². The van der Waals surface area contributed by atoms with Crippen LogP contribution in [-0.4, -0.2) is 52.3 Å². The predicted octanol–water partition coefficient (Wildman–Crippen LogP) is 1.88. The first kappa shape index (κ1) is 17.5. The van der Waals surface area contributed by atoms with Crippen molar-refractivity contribution in [2.45, 2.75) is 19.4 Å². The lowest BCUT2D eigenvalue weighted by Crippen LogP contribution is -2.47. The lowest BCUT2D eigenvalue weighted by Gasteiger charge is -2.29. The lowest BCUT2D eigenvalue weighted by atomic mass is 10.3. The first-order valence-electron chi connectivity index (χ1n) is 7.83. The lowest BCUT2D eigenvalue weighted by molar-refractivity contribution is -0.00413. The monoisotopic (exact) mass is 327 g/mol. The Labute approximate surface area is 133 Å². The summed E-state index contributed by atoms with van der Waals surface area (Å²) in [6, 6.07) is 6.57. The molecule has 0 saturated carbocycles. The highest BCUT2D eigenvalue weighted by molar-refractivity contribution is 7.78. The van der Waals surface area contributed by atoms with Gasteiger partial charge in [0.25, 0.3) is 0 Å². The molecule has 0 amide bonds. The number of benzene rings is 1. The molecule has 0 aromatic heterocycles. The van der Waals surface area contributed by atoms with Gasteiger partial charge in [0.2, 0.25) is 0 Å². The minimum atomic E-state index is -1.67. The van der Waals surface area contributed by atoms with Crippen molar-refractivity contribution in [2.24, 2.45) is 0 Å². The number of nitrogens with two attached hydrogens (primary N) is 1. The van der Waals surface area contributed by atoms with E-state index < -0.39 is 7.49 Å². The molecule has 0 radical (unpaired) electrons. The molecular formula is C16H28N2O3P+. The Morgan fingerprint density at radius 1 is 1.32 bits per heavy atom. The maximum absolute atomic E-state index is 6.08. The number of ether oxygens (including phenoxy) is 2. The van der Waals surface area contributed by atoms with Crippen molar-refractivity contribution >= 4 is 18.5 Å². The highest BCUT2D eigenvalue weighted by atomic mass is 31.2. The molecule has 0 bridgehead atoms. The summed E-state index contributed by atoms with van der Waals surface area (Å²) >= 11 is 0. The van der Waals surface area contributed by atoms with Crippen LogP contribution in [0.3, 0.4) is 0 Å². The van der Waals surface area contributed by atoms with Crippen LogP contribution in [0.5, 0.6) is 5.75 Å². The molecule has 124 valence electrons. The van der Waals surface area contributed by atoms with Crippen molar-refractivity contribution in [2.75, 3.05) is 52.0 Å². The number of nitrogens with one attached hydrogen (secondary N) is 1. The van der Waals surface area contributed by atoms with Gasteiger partial charge in [0.1, 0.15) is 17.2 Å². The van der Waals surface area contributed by atoms with Crippen molar-refractivity contribution in [1.29, 1.82) is 0 Å². The first-order chi connectivity index (χ1) is 10.6. The van der Waals surface area contributed by atoms with E-state index in [-0.39, 0.29) is 0 Å². The van der Waals surface area contributed by atoms with E-state index in [2.05, 4.69) is 24.4 Å². The topological polar surface area (TPSA) is 65.7 Å². The molecule has 0 aliphatic carbocycles. The molecule has 2 rings (SSSR count). The summed E-state index contributed by atoms with van der Waals surface area (Å²) in [6.45, 7) is 4.79. The van der Waals surface area contributed by atoms with Crippen molar-refractivity contribution in [3.63, 3.8) is 0 Å². The molecule has 1 aromatic rings. The molecule has 1 saturated heterocycles. The molecule has 1 fully saturated rings. The standard InChI is InChI=1S/C16H28N2O3P/c1-4-8-22(20-3,9-7-18-13-11-21-12-13)14-5-6-15(17)16(10-14)19-2/h5-6,10,13,18H,4,7-9,11-12,17H2,1-3H3/q+1. The van der Waals surface area contributed by atoms with Gasteiger partial charge in [0, 0.05) is 12.6 Å². The van der Waals surface area contributed by atoms with Crippen LogP contribution in [0.2, 0.25) is 0 Å². The number of anilines is 1. The summed E-state index contributed by atoms with van der Waals surface area (Å²) in [5.74, 6) is 0.732. The van der Waals surface area contributed by atoms with Crippen molar-refractivity contribution in [3.8, 4) is 5.75 Å². The van der Waals surface area contributed by atoms with Gasteiger partial charge in [0.15, 0.2) is 7.49 Å². The molecule has 22 heavy (non-hydrogen) atoms. The number of hydrogen-bond acceptors (Lipinski definition) is 5. The Balaban J connectivity index is 2.14. The van der Waals surface area contributed by atoms with Crippen LogP contribution in [0.1, 0.15) is 13.3 Å². The number of nitrogen functional groups attached to an aromatic ring is 1. The minimum Gasteiger partial charge on any atom is -0.494 e. The summed E-state index contributed by atoms with van der Waals surface area (Å²) in [4.78, 5) is 0. The van der Waals surface area contributed by atoms with Gasteiger partial charge < -0.3 is 20.5 Å². The average Bonchev–Trinajstić information content (AvgIpc) is 2.49. The maximum Gasteiger partial charge on any atom is 0.178 e. The molecule has 1 aliphatic heterocycles. The van der Waals surface area contributed by atoms with Gasteiger partial charge in [-0.1, -0.05) is 6.92 Å². The zero-order chi connectivity index (χ0) is 16.0. The zero-order valence-electron chi connectivity index (χ0n) is 13.8. The molecule has 1 unspecified atom stereocenters. The Bertz CT molecular complexity index is 482. The molecule has 6 heteroatoms. The summed E-state index contributed by atoms with van der Waals surface area (Å²) in [6.07, 6.45) is 3.18. The van der Waals surface area contributed by atoms with Gasteiger partial charge in [-0.3, -0.25) is 0 Å². The van der Waals surface area contributed by atoms with Gasteiger partial charge in [-0.25, -0.2) is 4.52 Å². The van der Waals surface area contributed by atoms with E-state index in [1.807, 2.05) is 13.2 Å². The molecule has 1 aromatic carbocycles. The van der Waals surface area contributed by atoms with Gasteiger partial charge in [-0.2, -0.15) is 0 Å². The van der Waals surface area contributed by atoms with E-state index in [0.717, 1.165) is 44.3 Å². The van der Waals surface area contributed by atoms with Crippen LogP contribution in [0.4, 0.5) is 5.69 Å². The van der Waals surface area contributed by atoms with Gasteiger partial charge >= 0.3 is 0 Å². The van der Waals surface area contributed by atoms with E-state index >= 15 is 0 Å². The van der Waals surface area contributed by atoms with Crippen LogP contribution in [0.15, 0.2) is 18.2 Å². The fraction of sp³-hybridized carbons (Fsp3) is 0.625. The van der Waals surface area contributed by atoms with E-state index in [4.69, 9.17) is 19.7 Å². The quantitative estimate of drug-likeness (QED) is 0.535. The SMILES string of the molecule is CCC[P+](CCNC1COC1)(OC)c1ccc(N)c(OC)c1. The van der Waals surface area contributed by atoms with Crippen molar-refractivity contribution in [1.82, 2.24) is 5.32 Å². The predicted molar refractivity (Wildman–Crippen MR) is 93.6 cm³/mol. The van der Waals surface area contributed by atoms with Crippen molar-refractivity contribution in [3.05, 3.63) is 18.2 Å². The van der Waals surface area contributed by atoms with E-state index in [0.29, 0.717) is 11.7 Å². The normalized spacial score (nSPS) is 17.8. The minimum absolute atomic E-state index is 0.501. The molecule has 1 heterocycles. The van der Waals surface area contributed by atoms with E-state index in [1.54, 1.807) is 7.11 Å². The van der Waals surface area contributed by atoms with Crippen LogP contribution >= 0.6 is 7.49 Å². The Kier molecular flexibility index (Phi) is 6.45. The third kappa shape index (κ3) is 3.90. The summed E-state index contributed by atoms with van der Waals surface area (Å²) in [5, 5.41) is 4.77. The van der Waals surface area contributed by atoms with E-state index in [9.17, 15) is 0 Å². The smallest absolute Gasteiger partial charge is 0.178 e. The highest BCUT2D eigenvalue weighted by Crippen LogP contribution is 2.58. The van der Waals surface area contributed by atoms with Crippen LogP contribution in [0.25, 0.3) is 0 Å². The first-order valence-corrected chi connectivity index (χ1v) is 9.91. The largest absolute Gasteiger partial charge is 0.494 e. The third-order valence-electron chi connectivity index (χ3n) is 4.17. The Morgan fingerprint density at radius 3 is 2.64 bits per heavy atom. The summed E-state index contributed by atoms with van der Waals surface area (Å²) < 4.78 is 16.7. The maximum atomic E-state index is 6.08. The summed E-state index contributed by atoms with van der Waals surface area (Å²) in [7, 11) is 1.81. The number of methoxy groups -OCH3 is 1. The van der Waals surface area contributed by atoms with Crippen LogP contribution in [-0.2, 0) is 9.26 Å². The van der Waals surface area contributed by atoms with Crippen molar-refractivity contribution < 1.29 is 14.0 Å². The van der Waals surface area contributed by atoms with Crippen LogP contribution < -0.4 is 21.1 Å². The molecule has 0 spiro atoms. The summed E-state index contributed by atoms with van der Waals surface area (Å²) in [5.41, 5.74) is 6.61. The molecule has 5 nitrogen and oxygen atoms in total. The number of hydrogen-bond donors (Lipinski definition) is 2. The second kappa shape index (κ2) is 8.11. The van der Waals surface area contributed by atoms with E-state index in [1.165, 1.54) is 5.30 Å². The zero-order valence-corrected chi connectivity index (χ0v) is 14.7. The molecule has 3 N–H and O–H groups in total. The highest BCUT2D eigenvalue weighted by Gasteiger charge is 2.41. The second-order valence-electron chi connectivity index (χ2n) is 5.63. The van der Waals surface area contributed by atoms with Crippen LogP contribution in [0, 0.1) is 0 Å². The van der Waals surface area contributed by atoms with Gasteiger partial charge in [-0.05, 0) is 18.6 Å². The molecule has 1 aliphatic rings. The number of rotatable bonds is 9.